The maximum absolute atomic E-state index is 11.8. The number of amides is 2. The first-order chi connectivity index (χ1) is 8.54. The molecule has 100 valence electrons. The highest BCUT2D eigenvalue weighted by Crippen LogP contribution is 2.02. The molecule has 0 aromatic carbocycles. The number of rotatable bonds is 4. The zero-order valence-corrected chi connectivity index (χ0v) is 11.1. The Kier molecular flexibility index (Phi) is 5.59. The van der Waals surface area contributed by atoms with E-state index in [-0.39, 0.29) is 11.8 Å². The minimum atomic E-state index is 0.0292. The molecule has 1 rings (SSSR count). The van der Waals surface area contributed by atoms with E-state index >= 15 is 0 Å². The van der Waals surface area contributed by atoms with Crippen LogP contribution in [0.3, 0.4) is 0 Å². The van der Waals surface area contributed by atoms with Gasteiger partial charge in [-0.3, -0.25) is 14.5 Å². The van der Waals surface area contributed by atoms with Crippen molar-refractivity contribution < 1.29 is 9.59 Å². The van der Waals surface area contributed by atoms with Crippen LogP contribution in [0.4, 0.5) is 0 Å². The molecular formula is C12H20N4O2. The molecule has 6 heteroatoms. The van der Waals surface area contributed by atoms with Crippen LogP contribution in [-0.4, -0.2) is 72.8 Å². The highest BCUT2D eigenvalue weighted by atomic mass is 16.2. The van der Waals surface area contributed by atoms with Gasteiger partial charge in [-0.1, -0.05) is 0 Å². The Morgan fingerprint density at radius 1 is 1.28 bits per heavy atom. The Morgan fingerprint density at radius 3 is 2.39 bits per heavy atom. The van der Waals surface area contributed by atoms with Gasteiger partial charge in [0, 0.05) is 46.7 Å². The molecule has 0 atom stereocenters. The molecule has 0 radical (unpaired) electrons. The van der Waals surface area contributed by atoms with Crippen molar-refractivity contribution in [3.8, 4) is 6.07 Å². The topological polar surface area (TPSA) is 67.7 Å². The number of hydrogen-bond donors (Lipinski definition) is 0. The first-order valence-corrected chi connectivity index (χ1v) is 6.13. The predicted octanol–water partition coefficient (Wildman–Crippen LogP) is -0.477. The van der Waals surface area contributed by atoms with Crippen molar-refractivity contribution >= 4 is 11.8 Å². The second kappa shape index (κ2) is 6.97. The van der Waals surface area contributed by atoms with E-state index in [2.05, 4.69) is 0 Å². The monoisotopic (exact) mass is 252 g/mol. The first kappa shape index (κ1) is 14.5. The molecule has 1 aliphatic rings. The third kappa shape index (κ3) is 4.34. The van der Waals surface area contributed by atoms with E-state index in [0.717, 1.165) is 13.1 Å². The summed E-state index contributed by atoms with van der Waals surface area (Å²) in [5.41, 5.74) is 0. The van der Waals surface area contributed by atoms with E-state index in [1.807, 2.05) is 11.0 Å². The van der Waals surface area contributed by atoms with Gasteiger partial charge in [0.1, 0.15) is 0 Å². The van der Waals surface area contributed by atoms with Crippen LogP contribution >= 0.6 is 0 Å². The van der Waals surface area contributed by atoms with Gasteiger partial charge in [-0.25, -0.2) is 0 Å². The smallest absolute Gasteiger partial charge is 0.236 e. The molecule has 0 saturated carbocycles. The summed E-state index contributed by atoms with van der Waals surface area (Å²) in [7, 11) is 1.71. The number of hydrogen-bond acceptors (Lipinski definition) is 4. The normalized spacial score (nSPS) is 16.2. The number of piperazine rings is 1. The Bertz CT molecular complexity index is 342. The van der Waals surface area contributed by atoms with Gasteiger partial charge in [-0.15, -0.1) is 0 Å². The number of carbonyl (C=O) groups is 2. The standard InChI is InChI=1S/C12H20N4O2/c1-11(17)16-8-6-15(7-9-16)10-12(18)14(2)5-3-4-13/h3,5-10H2,1-2H3. The Balaban J connectivity index is 2.30. The summed E-state index contributed by atoms with van der Waals surface area (Å²) in [5.74, 6) is 0.119. The number of likely N-dealkylation sites (N-methyl/N-ethyl adjacent to an activating group) is 1. The molecule has 0 aromatic rings. The van der Waals surface area contributed by atoms with E-state index in [9.17, 15) is 9.59 Å². The van der Waals surface area contributed by atoms with Crippen molar-refractivity contribution in [3.05, 3.63) is 0 Å². The molecule has 1 saturated heterocycles. The van der Waals surface area contributed by atoms with Gasteiger partial charge in [-0.2, -0.15) is 5.26 Å². The van der Waals surface area contributed by atoms with Gasteiger partial charge in [-0.05, 0) is 0 Å². The Hall–Kier alpha value is -1.61. The fraction of sp³-hybridized carbons (Fsp3) is 0.750. The maximum Gasteiger partial charge on any atom is 0.236 e. The summed E-state index contributed by atoms with van der Waals surface area (Å²) in [5, 5.41) is 8.46. The quantitative estimate of drug-likeness (QED) is 0.678. The SMILES string of the molecule is CC(=O)N1CCN(CC(=O)N(C)CCC#N)CC1. The fourth-order valence-electron chi connectivity index (χ4n) is 1.88. The predicted molar refractivity (Wildman–Crippen MR) is 66.6 cm³/mol. The van der Waals surface area contributed by atoms with Crippen LogP contribution in [0.5, 0.6) is 0 Å². The van der Waals surface area contributed by atoms with Gasteiger partial charge in [0.05, 0.1) is 19.0 Å². The van der Waals surface area contributed by atoms with Gasteiger partial charge in [0.15, 0.2) is 0 Å². The van der Waals surface area contributed by atoms with Crippen molar-refractivity contribution in [1.82, 2.24) is 14.7 Å². The third-order valence-electron chi connectivity index (χ3n) is 3.16. The molecule has 1 fully saturated rings. The zero-order chi connectivity index (χ0) is 13.5. The van der Waals surface area contributed by atoms with Crippen LogP contribution in [0.1, 0.15) is 13.3 Å². The van der Waals surface area contributed by atoms with Crippen molar-refractivity contribution in [1.29, 1.82) is 5.26 Å². The average molecular weight is 252 g/mol. The summed E-state index contributed by atoms with van der Waals surface area (Å²) in [6.45, 7) is 5.25. The van der Waals surface area contributed by atoms with Crippen molar-refractivity contribution in [3.63, 3.8) is 0 Å². The summed E-state index contributed by atoms with van der Waals surface area (Å²) < 4.78 is 0. The lowest BCUT2D eigenvalue weighted by Crippen LogP contribution is -2.50. The largest absolute Gasteiger partial charge is 0.344 e. The molecule has 2 amide bonds. The summed E-state index contributed by atoms with van der Waals surface area (Å²) in [6, 6.07) is 2.02. The molecule has 6 nitrogen and oxygen atoms in total. The average Bonchev–Trinajstić information content (AvgIpc) is 2.36. The summed E-state index contributed by atoms with van der Waals surface area (Å²) >= 11 is 0. The molecule has 0 N–H and O–H groups in total. The molecular weight excluding hydrogens is 232 g/mol. The molecule has 0 aromatic heterocycles. The molecule has 0 spiro atoms. The molecule has 0 unspecified atom stereocenters. The molecule has 0 aliphatic carbocycles. The third-order valence-corrected chi connectivity index (χ3v) is 3.16. The van der Waals surface area contributed by atoms with Crippen LogP contribution in [0.15, 0.2) is 0 Å². The minimum Gasteiger partial charge on any atom is -0.344 e. The van der Waals surface area contributed by atoms with E-state index in [1.165, 1.54) is 0 Å². The van der Waals surface area contributed by atoms with E-state index < -0.39 is 0 Å². The van der Waals surface area contributed by atoms with Gasteiger partial charge in [0.25, 0.3) is 0 Å². The Labute approximate surface area is 108 Å². The minimum absolute atomic E-state index is 0.0292. The lowest BCUT2D eigenvalue weighted by Gasteiger charge is -2.34. The van der Waals surface area contributed by atoms with Crippen LogP contribution in [0.2, 0.25) is 0 Å². The van der Waals surface area contributed by atoms with Crippen LogP contribution < -0.4 is 0 Å². The fourth-order valence-corrected chi connectivity index (χ4v) is 1.88. The van der Waals surface area contributed by atoms with Crippen LogP contribution in [0.25, 0.3) is 0 Å². The highest BCUT2D eigenvalue weighted by molar-refractivity contribution is 5.78. The molecule has 1 aliphatic heterocycles. The van der Waals surface area contributed by atoms with Crippen molar-refractivity contribution in [2.24, 2.45) is 0 Å². The van der Waals surface area contributed by atoms with Gasteiger partial charge >= 0.3 is 0 Å². The molecule has 0 bridgehead atoms. The first-order valence-electron chi connectivity index (χ1n) is 6.13. The Morgan fingerprint density at radius 2 is 1.89 bits per heavy atom. The number of nitriles is 1. The molecule has 18 heavy (non-hydrogen) atoms. The van der Waals surface area contributed by atoms with Crippen LogP contribution in [-0.2, 0) is 9.59 Å². The summed E-state index contributed by atoms with van der Waals surface area (Å²) in [4.78, 5) is 28.4. The number of carbonyl (C=O) groups excluding carboxylic acids is 2. The highest BCUT2D eigenvalue weighted by Gasteiger charge is 2.21. The summed E-state index contributed by atoms with van der Waals surface area (Å²) in [6.07, 6.45) is 0.361. The van der Waals surface area contributed by atoms with Gasteiger partial charge in [0.2, 0.25) is 11.8 Å². The molecule has 1 heterocycles. The lowest BCUT2D eigenvalue weighted by atomic mass is 10.3. The van der Waals surface area contributed by atoms with Crippen molar-refractivity contribution in [2.75, 3.05) is 46.3 Å². The maximum atomic E-state index is 11.8. The van der Waals surface area contributed by atoms with E-state index in [4.69, 9.17) is 5.26 Å². The second-order valence-electron chi connectivity index (χ2n) is 4.51. The lowest BCUT2D eigenvalue weighted by molar-refractivity contribution is -0.133. The number of nitrogens with zero attached hydrogens (tertiary/aromatic N) is 4. The van der Waals surface area contributed by atoms with Crippen molar-refractivity contribution in [2.45, 2.75) is 13.3 Å². The van der Waals surface area contributed by atoms with Crippen LogP contribution in [0, 0.1) is 11.3 Å². The second-order valence-corrected chi connectivity index (χ2v) is 4.51. The zero-order valence-electron chi connectivity index (χ0n) is 11.1. The van der Waals surface area contributed by atoms with E-state index in [0.29, 0.717) is 32.6 Å². The van der Waals surface area contributed by atoms with E-state index in [1.54, 1.807) is 23.8 Å². The van der Waals surface area contributed by atoms with Gasteiger partial charge < -0.3 is 9.80 Å².